The van der Waals surface area contributed by atoms with Crippen molar-refractivity contribution in [2.24, 2.45) is 5.41 Å². The molecule has 0 bridgehead atoms. The Balaban J connectivity index is 2.17. The van der Waals surface area contributed by atoms with Crippen molar-refractivity contribution in [1.29, 1.82) is 0 Å². The number of aromatic nitrogens is 2. The van der Waals surface area contributed by atoms with Gasteiger partial charge in [-0.3, -0.25) is 4.79 Å². The van der Waals surface area contributed by atoms with Crippen molar-refractivity contribution in [2.45, 2.75) is 27.3 Å². The highest BCUT2D eigenvalue weighted by Crippen LogP contribution is 2.27. The lowest BCUT2D eigenvalue weighted by molar-refractivity contribution is 0.0843. The summed E-state index contributed by atoms with van der Waals surface area (Å²) < 4.78 is 7.28. The lowest BCUT2D eigenvalue weighted by Crippen LogP contribution is -2.24. The van der Waals surface area contributed by atoms with Gasteiger partial charge in [-0.1, -0.05) is 51.1 Å². The zero-order chi connectivity index (χ0) is 17.3. The number of fused-ring (bicyclic) bond motifs is 1. The number of hydrogen-bond acceptors (Lipinski definition) is 3. The molecule has 3 aromatic rings. The summed E-state index contributed by atoms with van der Waals surface area (Å²) >= 11 is 0. The van der Waals surface area contributed by atoms with Crippen LogP contribution in [-0.4, -0.2) is 22.4 Å². The summed E-state index contributed by atoms with van der Waals surface area (Å²) in [7, 11) is 1.63. The second kappa shape index (κ2) is 6.11. The van der Waals surface area contributed by atoms with E-state index in [0.29, 0.717) is 12.4 Å². The molecule has 2 aromatic carbocycles. The molecule has 0 amide bonds. The molecule has 0 fully saturated rings. The van der Waals surface area contributed by atoms with Gasteiger partial charge in [-0.2, -0.15) is 0 Å². The summed E-state index contributed by atoms with van der Waals surface area (Å²) in [6, 6.07) is 15.8. The fourth-order valence-corrected chi connectivity index (χ4v) is 2.67. The van der Waals surface area contributed by atoms with E-state index in [2.05, 4.69) is 17.1 Å². The van der Waals surface area contributed by atoms with Crippen molar-refractivity contribution >= 4 is 16.8 Å². The lowest BCUT2D eigenvalue weighted by atomic mass is 9.90. The number of benzene rings is 2. The Labute approximate surface area is 142 Å². The molecule has 0 unspecified atom stereocenters. The number of rotatable bonds is 4. The van der Waals surface area contributed by atoms with Gasteiger partial charge in [0.15, 0.2) is 5.82 Å². The molecule has 0 aliphatic heterocycles. The van der Waals surface area contributed by atoms with Crippen LogP contribution in [0.25, 0.3) is 11.0 Å². The maximum atomic E-state index is 12.9. The van der Waals surface area contributed by atoms with Crippen molar-refractivity contribution in [3.05, 3.63) is 59.9 Å². The molecule has 4 heteroatoms. The second-order valence-corrected chi connectivity index (χ2v) is 6.94. The molecule has 0 aliphatic rings. The third-order valence-electron chi connectivity index (χ3n) is 4.02. The van der Waals surface area contributed by atoms with Gasteiger partial charge in [0.25, 0.3) is 0 Å². The van der Waals surface area contributed by atoms with Crippen molar-refractivity contribution in [3.63, 3.8) is 0 Å². The highest BCUT2D eigenvalue weighted by atomic mass is 16.5. The van der Waals surface area contributed by atoms with E-state index in [1.807, 2.05) is 61.7 Å². The number of carbonyl (C=O) groups excluding carboxylic acids is 1. The van der Waals surface area contributed by atoms with E-state index < -0.39 is 5.41 Å². The molecule has 124 valence electrons. The Morgan fingerprint density at radius 3 is 2.46 bits per heavy atom. The van der Waals surface area contributed by atoms with Crippen LogP contribution in [0.1, 0.15) is 37.0 Å². The van der Waals surface area contributed by atoms with Gasteiger partial charge in [-0.15, -0.1) is 0 Å². The normalized spacial score (nSPS) is 11.7. The summed E-state index contributed by atoms with van der Waals surface area (Å²) in [6.07, 6.45) is 0. The van der Waals surface area contributed by atoms with Gasteiger partial charge < -0.3 is 9.30 Å². The number of methoxy groups -OCH3 is 1. The van der Waals surface area contributed by atoms with Gasteiger partial charge in [0.1, 0.15) is 5.75 Å². The molecule has 0 aliphatic carbocycles. The average molecular weight is 322 g/mol. The van der Waals surface area contributed by atoms with Gasteiger partial charge in [0.05, 0.1) is 18.1 Å². The monoisotopic (exact) mass is 322 g/mol. The number of nitrogens with zero attached hydrogens (tertiary/aromatic N) is 2. The zero-order valence-electron chi connectivity index (χ0n) is 14.5. The number of Topliss-reactive ketones (excluding diaryl/α,β-unsaturated/α-hetero) is 1. The van der Waals surface area contributed by atoms with E-state index in [-0.39, 0.29) is 5.78 Å². The Hall–Kier alpha value is -2.62. The molecule has 1 aromatic heterocycles. The maximum absolute atomic E-state index is 12.9. The van der Waals surface area contributed by atoms with E-state index in [1.165, 1.54) is 0 Å². The SMILES string of the molecule is COc1ccc2c(c1)nc(C(=O)C(C)(C)C)n2Cc1ccccc1. The maximum Gasteiger partial charge on any atom is 0.203 e. The molecule has 24 heavy (non-hydrogen) atoms. The van der Waals surface area contributed by atoms with Crippen molar-refractivity contribution < 1.29 is 9.53 Å². The number of imidazole rings is 1. The highest BCUT2D eigenvalue weighted by molar-refractivity contribution is 5.99. The third-order valence-corrected chi connectivity index (χ3v) is 4.02. The summed E-state index contributed by atoms with van der Waals surface area (Å²) in [5.74, 6) is 1.27. The van der Waals surface area contributed by atoms with Crippen LogP contribution in [0.5, 0.6) is 5.75 Å². The Bertz CT molecular complexity index is 874. The van der Waals surface area contributed by atoms with Crippen LogP contribution in [0.15, 0.2) is 48.5 Å². The average Bonchev–Trinajstić information content (AvgIpc) is 2.91. The largest absolute Gasteiger partial charge is 0.497 e. The molecule has 4 nitrogen and oxygen atoms in total. The summed E-state index contributed by atoms with van der Waals surface area (Å²) in [5, 5.41) is 0. The van der Waals surface area contributed by atoms with Gasteiger partial charge in [0, 0.05) is 18.0 Å². The van der Waals surface area contributed by atoms with E-state index >= 15 is 0 Å². The third kappa shape index (κ3) is 3.04. The molecule has 0 saturated heterocycles. The molecule has 0 radical (unpaired) electrons. The van der Waals surface area contributed by atoms with Crippen LogP contribution < -0.4 is 4.74 Å². The number of ketones is 1. The topological polar surface area (TPSA) is 44.1 Å². The fourth-order valence-electron chi connectivity index (χ4n) is 2.67. The quantitative estimate of drug-likeness (QED) is 0.672. The van der Waals surface area contributed by atoms with E-state index in [1.54, 1.807) is 7.11 Å². The molecule has 0 saturated carbocycles. The fraction of sp³-hybridized carbons (Fsp3) is 0.300. The van der Waals surface area contributed by atoms with Crippen LogP contribution in [0.3, 0.4) is 0 Å². The summed E-state index contributed by atoms with van der Waals surface area (Å²) in [5.41, 5.74) is 2.36. The van der Waals surface area contributed by atoms with Crippen molar-refractivity contribution in [2.75, 3.05) is 7.11 Å². The molecular formula is C20H22N2O2. The number of ether oxygens (including phenoxy) is 1. The minimum absolute atomic E-state index is 0.0357. The lowest BCUT2D eigenvalue weighted by Gasteiger charge is -2.17. The van der Waals surface area contributed by atoms with Crippen LogP contribution in [0.2, 0.25) is 0 Å². The van der Waals surface area contributed by atoms with Gasteiger partial charge in [-0.25, -0.2) is 4.98 Å². The first-order chi connectivity index (χ1) is 11.4. The molecule has 0 spiro atoms. The van der Waals surface area contributed by atoms with Crippen LogP contribution in [-0.2, 0) is 6.54 Å². The predicted molar refractivity (Wildman–Crippen MR) is 95.6 cm³/mol. The van der Waals surface area contributed by atoms with Crippen LogP contribution in [0.4, 0.5) is 0 Å². The molecule has 1 heterocycles. The number of hydrogen-bond donors (Lipinski definition) is 0. The zero-order valence-corrected chi connectivity index (χ0v) is 14.5. The van der Waals surface area contributed by atoms with Gasteiger partial charge in [0.2, 0.25) is 5.78 Å². The Morgan fingerprint density at radius 1 is 1.12 bits per heavy atom. The predicted octanol–water partition coefficient (Wildman–Crippen LogP) is 4.32. The van der Waals surface area contributed by atoms with Crippen molar-refractivity contribution in [1.82, 2.24) is 9.55 Å². The van der Waals surface area contributed by atoms with E-state index in [4.69, 9.17) is 4.74 Å². The minimum atomic E-state index is -0.486. The standard InChI is InChI=1S/C20H22N2O2/c1-20(2,3)18(23)19-21-16-12-15(24-4)10-11-17(16)22(19)13-14-8-6-5-7-9-14/h5-12H,13H2,1-4H3. The smallest absolute Gasteiger partial charge is 0.203 e. The highest BCUT2D eigenvalue weighted by Gasteiger charge is 2.28. The Kier molecular flexibility index (Phi) is 4.14. The minimum Gasteiger partial charge on any atom is -0.497 e. The summed E-state index contributed by atoms with van der Waals surface area (Å²) in [4.78, 5) is 17.5. The molecule has 0 atom stereocenters. The Morgan fingerprint density at radius 2 is 1.83 bits per heavy atom. The first-order valence-electron chi connectivity index (χ1n) is 8.03. The summed E-state index contributed by atoms with van der Waals surface area (Å²) in [6.45, 7) is 6.37. The molecule has 3 rings (SSSR count). The van der Waals surface area contributed by atoms with Gasteiger partial charge in [-0.05, 0) is 17.7 Å². The van der Waals surface area contributed by atoms with Crippen molar-refractivity contribution in [3.8, 4) is 5.75 Å². The molecule has 0 N–H and O–H groups in total. The second-order valence-electron chi connectivity index (χ2n) is 6.94. The van der Waals surface area contributed by atoms with E-state index in [0.717, 1.165) is 22.3 Å². The first kappa shape index (κ1) is 16.2. The molecular weight excluding hydrogens is 300 g/mol. The van der Waals surface area contributed by atoms with E-state index in [9.17, 15) is 4.79 Å². The number of carbonyl (C=O) groups is 1. The first-order valence-corrected chi connectivity index (χ1v) is 8.03. The van der Waals surface area contributed by atoms with Gasteiger partial charge >= 0.3 is 0 Å². The van der Waals surface area contributed by atoms with Crippen LogP contribution in [0, 0.1) is 5.41 Å². The van der Waals surface area contributed by atoms with Crippen LogP contribution >= 0.6 is 0 Å².